The standard InChI is InChI=1S/C27H26Cl2N2O4S/c1-4-5-6-13-35-20-11-8-17(9-12-20)24-23(26(33)34-3)16(2)30-27-31(24)25(32)22(36-27)14-18-7-10-19(28)15-21(18)29/h7-12,14-15,24H,4-6,13H2,1-3H3/b22-14-. The van der Waals surface area contributed by atoms with Gasteiger partial charge in [0, 0.05) is 10.0 Å². The number of halogens is 2. The van der Waals surface area contributed by atoms with E-state index in [1.807, 2.05) is 24.3 Å². The van der Waals surface area contributed by atoms with Gasteiger partial charge in [-0.2, -0.15) is 0 Å². The largest absolute Gasteiger partial charge is 0.494 e. The lowest BCUT2D eigenvalue weighted by atomic mass is 9.96. The fourth-order valence-electron chi connectivity index (χ4n) is 4.06. The molecule has 1 aliphatic heterocycles. The van der Waals surface area contributed by atoms with E-state index in [2.05, 4.69) is 11.9 Å². The molecule has 6 nitrogen and oxygen atoms in total. The third-order valence-corrected chi connectivity index (χ3v) is 7.43. The zero-order chi connectivity index (χ0) is 25.8. The van der Waals surface area contributed by atoms with Crippen LogP contribution in [-0.2, 0) is 9.53 Å². The fraction of sp³-hybridized carbons (Fsp3) is 0.296. The van der Waals surface area contributed by atoms with Crippen LogP contribution in [0.2, 0.25) is 10.0 Å². The van der Waals surface area contributed by atoms with Gasteiger partial charge in [-0.25, -0.2) is 9.79 Å². The van der Waals surface area contributed by atoms with Crippen molar-refractivity contribution in [2.45, 2.75) is 39.2 Å². The van der Waals surface area contributed by atoms with Crippen molar-refractivity contribution in [3.05, 3.63) is 94.6 Å². The number of unbranched alkanes of at least 4 members (excludes halogenated alkanes) is 2. The minimum Gasteiger partial charge on any atom is -0.494 e. The quantitative estimate of drug-likeness (QED) is 0.285. The van der Waals surface area contributed by atoms with Gasteiger partial charge < -0.3 is 9.47 Å². The number of esters is 1. The number of rotatable bonds is 8. The highest BCUT2D eigenvalue weighted by molar-refractivity contribution is 7.07. The number of hydrogen-bond donors (Lipinski definition) is 0. The Labute approximate surface area is 223 Å². The number of fused-ring (bicyclic) bond motifs is 1. The highest BCUT2D eigenvalue weighted by Gasteiger charge is 2.33. The maximum atomic E-state index is 13.6. The monoisotopic (exact) mass is 544 g/mol. The number of benzene rings is 2. The van der Waals surface area contributed by atoms with Crippen molar-refractivity contribution in [3.63, 3.8) is 0 Å². The van der Waals surface area contributed by atoms with Crippen LogP contribution in [0, 0.1) is 0 Å². The van der Waals surface area contributed by atoms with Crippen molar-refractivity contribution in [1.82, 2.24) is 4.57 Å². The van der Waals surface area contributed by atoms with E-state index in [1.54, 1.807) is 31.2 Å². The van der Waals surface area contributed by atoms with Gasteiger partial charge in [0.25, 0.3) is 5.56 Å². The van der Waals surface area contributed by atoms with Gasteiger partial charge in [0.2, 0.25) is 0 Å². The summed E-state index contributed by atoms with van der Waals surface area (Å²) in [5.41, 5.74) is 1.96. The van der Waals surface area contributed by atoms with Crippen LogP contribution >= 0.6 is 34.5 Å². The Morgan fingerprint density at radius 2 is 1.92 bits per heavy atom. The van der Waals surface area contributed by atoms with Crippen LogP contribution in [0.3, 0.4) is 0 Å². The number of thiazole rings is 1. The summed E-state index contributed by atoms with van der Waals surface area (Å²) in [4.78, 5) is 31.5. The van der Waals surface area contributed by atoms with E-state index in [0.29, 0.717) is 42.8 Å². The summed E-state index contributed by atoms with van der Waals surface area (Å²) in [6.45, 7) is 4.54. The molecule has 0 aliphatic carbocycles. The van der Waals surface area contributed by atoms with Crippen LogP contribution in [0.1, 0.15) is 50.3 Å². The third-order valence-electron chi connectivity index (χ3n) is 5.89. The summed E-state index contributed by atoms with van der Waals surface area (Å²) in [5.74, 6) is 0.205. The van der Waals surface area contributed by atoms with Gasteiger partial charge in [0.05, 0.1) is 35.6 Å². The first-order chi connectivity index (χ1) is 17.3. The molecule has 2 aromatic carbocycles. The Morgan fingerprint density at radius 3 is 2.58 bits per heavy atom. The summed E-state index contributed by atoms with van der Waals surface area (Å²) < 4.78 is 12.9. The van der Waals surface area contributed by atoms with E-state index >= 15 is 0 Å². The first-order valence-corrected chi connectivity index (χ1v) is 13.2. The Balaban J connectivity index is 1.80. The maximum Gasteiger partial charge on any atom is 0.338 e. The van der Waals surface area contributed by atoms with Gasteiger partial charge in [-0.15, -0.1) is 0 Å². The highest BCUT2D eigenvalue weighted by atomic mass is 35.5. The highest BCUT2D eigenvalue weighted by Crippen LogP contribution is 2.31. The molecule has 3 aromatic rings. The van der Waals surface area contributed by atoms with Crippen LogP contribution < -0.4 is 19.6 Å². The second kappa shape index (κ2) is 11.5. The first kappa shape index (κ1) is 26.2. The molecule has 0 bridgehead atoms. The van der Waals surface area contributed by atoms with Gasteiger partial charge in [-0.05, 0) is 54.8 Å². The topological polar surface area (TPSA) is 69.9 Å². The van der Waals surface area contributed by atoms with E-state index < -0.39 is 12.0 Å². The number of allylic oxidation sites excluding steroid dienone is 1. The number of carbonyl (C=O) groups is 1. The van der Waals surface area contributed by atoms with Crippen molar-refractivity contribution in [2.75, 3.05) is 13.7 Å². The molecule has 0 N–H and O–H groups in total. The van der Waals surface area contributed by atoms with Crippen LogP contribution in [-0.4, -0.2) is 24.3 Å². The molecule has 188 valence electrons. The third kappa shape index (κ3) is 5.43. The number of methoxy groups -OCH3 is 1. The average Bonchev–Trinajstić information content (AvgIpc) is 3.17. The molecule has 1 aromatic heterocycles. The van der Waals surface area contributed by atoms with E-state index in [0.717, 1.165) is 30.6 Å². The Bertz CT molecular complexity index is 1490. The smallest absolute Gasteiger partial charge is 0.338 e. The number of aromatic nitrogens is 1. The number of nitrogens with zero attached hydrogens (tertiary/aromatic N) is 2. The molecule has 36 heavy (non-hydrogen) atoms. The molecule has 4 rings (SSSR count). The van der Waals surface area contributed by atoms with Crippen LogP contribution in [0.5, 0.6) is 5.75 Å². The Kier molecular flexibility index (Phi) is 8.34. The van der Waals surface area contributed by atoms with Crippen LogP contribution in [0.15, 0.2) is 63.5 Å². The minimum atomic E-state index is -0.689. The van der Waals surface area contributed by atoms with E-state index in [4.69, 9.17) is 32.7 Å². The zero-order valence-corrected chi connectivity index (χ0v) is 22.5. The molecule has 0 amide bonds. The molecule has 0 saturated carbocycles. The molecular weight excluding hydrogens is 519 g/mol. The van der Waals surface area contributed by atoms with E-state index in [1.165, 1.54) is 23.0 Å². The second-order valence-electron chi connectivity index (χ2n) is 8.36. The predicted molar refractivity (Wildman–Crippen MR) is 144 cm³/mol. The summed E-state index contributed by atoms with van der Waals surface area (Å²) in [6.07, 6.45) is 4.93. The minimum absolute atomic E-state index is 0.274. The lowest BCUT2D eigenvalue weighted by molar-refractivity contribution is -0.136. The number of hydrogen-bond acceptors (Lipinski definition) is 6. The van der Waals surface area contributed by atoms with E-state index in [-0.39, 0.29) is 5.56 Å². The fourth-order valence-corrected chi connectivity index (χ4v) is 5.56. The number of carbonyl (C=O) groups excluding carboxylic acids is 1. The van der Waals surface area contributed by atoms with Crippen molar-refractivity contribution >= 4 is 46.6 Å². The van der Waals surface area contributed by atoms with Gasteiger partial charge in [0.1, 0.15) is 5.75 Å². The predicted octanol–water partition coefficient (Wildman–Crippen LogP) is 5.28. The van der Waals surface area contributed by atoms with Gasteiger partial charge in [-0.3, -0.25) is 9.36 Å². The second-order valence-corrected chi connectivity index (χ2v) is 10.2. The zero-order valence-electron chi connectivity index (χ0n) is 20.2. The van der Waals surface area contributed by atoms with Crippen LogP contribution in [0.4, 0.5) is 0 Å². The maximum absolute atomic E-state index is 13.6. The molecule has 0 saturated heterocycles. The first-order valence-electron chi connectivity index (χ1n) is 11.6. The summed E-state index contributed by atoms with van der Waals surface area (Å²) in [7, 11) is 1.32. The Morgan fingerprint density at radius 1 is 1.17 bits per heavy atom. The molecule has 1 unspecified atom stereocenters. The Hall–Kier alpha value is -2.87. The average molecular weight is 545 g/mol. The van der Waals surface area contributed by atoms with Crippen molar-refractivity contribution in [1.29, 1.82) is 0 Å². The van der Waals surface area contributed by atoms with Crippen LogP contribution in [0.25, 0.3) is 6.08 Å². The summed E-state index contributed by atoms with van der Waals surface area (Å²) in [5, 5.41) is 0.945. The molecule has 1 atom stereocenters. The molecule has 0 fully saturated rings. The lowest BCUT2D eigenvalue weighted by Gasteiger charge is -2.24. The molecule has 0 radical (unpaired) electrons. The summed E-state index contributed by atoms with van der Waals surface area (Å²) in [6, 6.07) is 11.9. The van der Waals surface area contributed by atoms with Crippen molar-refractivity contribution < 1.29 is 14.3 Å². The van der Waals surface area contributed by atoms with Gasteiger partial charge >= 0.3 is 5.97 Å². The normalized spacial score (nSPS) is 15.5. The molecule has 0 spiro atoms. The van der Waals surface area contributed by atoms with Crippen molar-refractivity contribution in [2.24, 2.45) is 4.99 Å². The molecule has 1 aliphatic rings. The van der Waals surface area contributed by atoms with Crippen molar-refractivity contribution in [3.8, 4) is 5.75 Å². The van der Waals surface area contributed by atoms with Gasteiger partial charge in [-0.1, -0.05) is 72.5 Å². The molecule has 9 heteroatoms. The molecule has 2 heterocycles. The summed E-state index contributed by atoms with van der Waals surface area (Å²) >= 11 is 13.6. The SMILES string of the molecule is CCCCCOc1ccc(C2C(C(=O)OC)=C(C)N=c3s/c(=C\c4ccc(Cl)cc4Cl)c(=O)n32)cc1. The number of ether oxygens (including phenoxy) is 2. The van der Waals surface area contributed by atoms with E-state index in [9.17, 15) is 9.59 Å². The lowest BCUT2D eigenvalue weighted by Crippen LogP contribution is -2.39. The van der Waals surface area contributed by atoms with Gasteiger partial charge in [0.15, 0.2) is 4.80 Å². The molecular formula is C27H26Cl2N2O4S.